The molecule has 4 amide bonds. The van der Waals surface area contributed by atoms with E-state index in [0.29, 0.717) is 31.2 Å². The van der Waals surface area contributed by atoms with Gasteiger partial charge in [-0.05, 0) is 75.0 Å². The molecule has 2 saturated carbocycles. The van der Waals surface area contributed by atoms with E-state index in [4.69, 9.17) is 10.5 Å². The standard InChI is InChI=1S/C30H50N4O6/c1-17(2)12-19-14-30(19)15-21(25(37)32-20(22(35)24(31)36)13-18-10-9-11-18)34(16-30)26(38)23(28(3,4)5)33-27(39)40-29(6,7)8/h17-21,23H,9-16H2,1-8H3,(H2,31,36)(H,32,37)(H,33,39)/t19-,20?,21+,23-,30-/m1/s1. The molecule has 3 rings (SSSR count). The van der Waals surface area contributed by atoms with Crippen molar-refractivity contribution in [1.29, 1.82) is 0 Å². The summed E-state index contributed by atoms with van der Waals surface area (Å²) in [4.78, 5) is 66.7. The Kier molecular flexibility index (Phi) is 9.31. The van der Waals surface area contributed by atoms with Crippen molar-refractivity contribution in [2.24, 2.45) is 34.3 Å². The van der Waals surface area contributed by atoms with Gasteiger partial charge in [-0.25, -0.2) is 4.79 Å². The first-order chi connectivity index (χ1) is 18.3. The van der Waals surface area contributed by atoms with E-state index in [0.717, 1.165) is 32.1 Å². The number of amides is 4. The third-order valence-electron chi connectivity index (χ3n) is 8.61. The van der Waals surface area contributed by atoms with Crippen molar-refractivity contribution in [2.75, 3.05) is 6.54 Å². The third-order valence-corrected chi connectivity index (χ3v) is 8.61. The van der Waals surface area contributed by atoms with Crippen LogP contribution in [0, 0.1) is 28.6 Å². The minimum atomic E-state index is -1.08. The number of rotatable bonds is 10. The summed E-state index contributed by atoms with van der Waals surface area (Å²) in [5.74, 6) is -1.57. The highest BCUT2D eigenvalue weighted by molar-refractivity contribution is 6.37. The Hall–Kier alpha value is -2.65. The molecule has 0 aromatic carbocycles. The monoisotopic (exact) mass is 562 g/mol. The fourth-order valence-electron chi connectivity index (χ4n) is 6.23. The predicted molar refractivity (Wildman–Crippen MR) is 151 cm³/mol. The van der Waals surface area contributed by atoms with E-state index in [1.54, 1.807) is 25.7 Å². The lowest BCUT2D eigenvalue weighted by molar-refractivity contribution is -0.143. The van der Waals surface area contributed by atoms with E-state index >= 15 is 0 Å². The summed E-state index contributed by atoms with van der Waals surface area (Å²) in [6, 6.07) is -2.76. The molecule has 1 unspecified atom stereocenters. The second-order valence-electron chi connectivity index (χ2n) is 14.8. The van der Waals surface area contributed by atoms with E-state index in [-0.39, 0.29) is 17.2 Å². The maximum atomic E-state index is 14.1. The van der Waals surface area contributed by atoms with E-state index in [9.17, 15) is 24.0 Å². The van der Waals surface area contributed by atoms with Crippen LogP contribution in [0.15, 0.2) is 0 Å². The van der Waals surface area contributed by atoms with Gasteiger partial charge in [0.2, 0.25) is 17.6 Å². The highest BCUT2D eigenvalue weighted by Crippen LogP contribution is 2.62. The predicted octanol–water partition coefficient (Wildman–Crippen LogP) is 3.31. The van der Waals surface area contributed by atoms with E-state index < -0.39 is 52.8 Å². The van der Waals surface area contributed by atoms with Crippen molar-refractivity contribution >= 4 is 29.6 Å². The average Bonchev–Trinajstić information content (AvgIpc) is 3.25. The molecule has 3 fully saturated rings. The topological polar surface area (TPSA) is 148 Å². The van der Waals surface area contributed by atoms with Crippen molar-refractivity contribution < 1.29 is 28.7 Å². The number of nitrogens with one attached hydrogen (secondary N) is 2. The van der Waals surface area contributed by atoms with Crippen molar-refractivity contribution in [3.05, 3.63) is 0 Å². The van der Waals surface area contributed by atoms with Crippen LogP contribution in [0.3, 0.4) is 0 Å². The van der Waals surface area contributed by atoms with Gasteiger partial charge >= 0.3 is 6.09 Å². The minimum Gasteiger partial charge on any atom is -0.444 e. The van der Waals surface area contributed by atoms with Crippen molar-refractivity contribution in [3.63, 3.8) is 0 Å². The molecule has 40 heavy (non-hydrogen) atoms. The summed E-state index contributed by atoms with van der Waals surface area (Å²) < 4.78 is 5.44. The summed E-state index contributed by atoms with van der Waals surface area (Å²) in [5, 5.41) is 5.56. The Morgan fingerprint density at radius 2 is 1.60 bits per heavy atom. The van der Waals surface area contributed by atoms with E-state index in [2.05, 4.69) is 24.5 Å². The number of alkyl carbamates (subject to hydrolysis) is 1. The number of carbonyl (C=O) groups excluding carboxylic acids is 5. The summed E-state index contributed by atoms with van der Waals surface area (Å²) >= 11 is 0. The maximum Gasteiger partial charge on any atom is 0.408 e. The molecule has 0 radical (unpaired) electrons. The zero-order chi connectivity index (χ0) is 30.2. The first-order valence-corrected chi connectivity index (χ1v) is 14.8. The SMILES string of the molecule is CC(C)C[C@@H]1C[C@]12C[C@@H](C(=O)NC(CC1CCC1)C(=O)C(N)=O)N(C(=O)[C@@H](NC(=O)OC(C)(C)C)C(C)(C)C)C2. The normalized spacial score (nSPS) is 26.2. The largest absolute Gasteiger partial charge is 0.444 e. The molecule has 1 spiro atoms. The van der Waals surface area contributed by atoms with Crippen LogP contribution < -0.4 is 16.4 Å². The molecule has 5 atom stereocenters. The van der Waals surface area contributed by atoms with Gasteiger partial charge in [-0.3, -0.25) is 19.2 Å². The van der Waals surface area contributed by atoms with Gasteiger partial charge in [0.25, 0.3) is 5.91 Å². The second-order valence-corrected chi connectivity index (χ2v) is 14.8. The van der Waals surface area contributed by atoms with Crippen molar-refractivity contribution in [3.8, 4) is 0 Å². The Bertz CT molecular complexity index is 1010. The van der Waals surface area contributed by atoms with Gasteiger partial charge in [0.15, 0.2) is 0 Å². The highest BCUT2D eigenvalue weighted by atomic mass is 16.6. The Morgan fingerprint density at radius 1 is 0.975 bits per heavy atom. The van der Waals surface area contributed by atoms with Crippen molar-refractivity contribution in [1.82, 2.24) is 15.5 Å². The molecular weight excluding hydrogens is 512 g/mol. The molecule has 10 heteroatoms. The molecule has 0 bridgehead atoms. The zero-order valence-corrected chi connectivity index (χ0v) is 25.6. The first-order valence-electron chi connectivity index (χ1n) is 14.8. The molecule has 0 aromatic heterocycles. The number of carbonyl (C=O) groups is 5. The number of Topliss-reactive ketones (excluding diaryl/α,β-unsaturated/α-hetero) is 1. The quantitative estimate of drug-likeness (QED) is 0.348. The zero-order valence-electron chi connectivity index (χ0n) is 25.6. The van der Waals surface area contributed by atoms with Crippen LogP contribution in [0.25, 0.3) is 0 Å². The Labute approximate surface area is 238 Å². The lowest BCUT2D eigenvalue weighted by Gasteiger charge is -2.36. The van der Waals surface area contributed by atoms with E-state index in [1.807, 2.05) is 20.8 Å². The molecule has 226 valence electrons. The summed E-state index contributed by atoms with van der Waals surface area (Å²) in [5.41, 5.74) is 3.74. The molecule has 3 aliphatic rings. The number of nitrogens with zero attached hydrogens (tertiary/aromatic N) is 1. The van der Waals surface area contributed by atoms with Crippen LogP contribution in [0.4, 0.5) is 4.79 Å². The first kappa shape index (κ1) is 31.9. The lowest BCUT2D eigenvalue weighted by Crippen LogP contribution is -2.59. The molecule has 1 saturated heterocycles. The minimum absolute atomic E-state index is 0.173. The molecular formula is C30H50N4O6. The van der Waals surface area contributed by atoms with Gasteiger partial charge in [0.05, 0.1) is 6.04 Å². The number of primary amides is 1. The number of ketones is 1. The smallest absolute Gasteiger partial charge is 0.408 e. The van der Waals surface area contributed by atoms with Crippen LogP contribution in [0.1, 0.15) is 100 Å². The number of nitrogens with two attached hydrogens (primary N) is 1. The number of ether oxygens (including phenoxy) is 1. The number of hydrogen-bond acceptors (Lipinski definition) is 6. The van der Waals surface area contributed by atoms with Crippen LogP contribution >= 0.6 is 0 Å². The molecule has 0 aromatic rings. The van der Waals surface area contributed by atoms with Gasteiger partial charge in [-0.1, -0.05) is 53.9 Å². The van der Waals surface area contributed by atoms with Crippen LogP contribution in [0.5, 0.6) is 0 Å². The molecule has 4 N–H and O–H groups in total. The van der Waals surface area contributed by atoms with E-state index in [1.165, 1.54) is 0 Å². The number of likely N-dealkylation sites (tertiary alicyclic amines) is 1. The third kappa shape index (κ3) is 7.75. The molecule has 2 aliphatic carbocycles. The Balaban J connectivity index is 1.87. The summed E-state index contributed by atoms with van der Waals surface area (Å²) in [6.07, 6.45) is 4.99. The molecule has 1 heterocycles. The Morgan fingerprint density at radius 3 is 2.08 bits per heavy atom. The summed E-state index contributed by atoms with van der Waals surface area (Å²) in [7, 11) is 0. The van der Waals surface area contributed by atoms with Gasteiger partial charge < -0.3 is 26.0 Å². The molecule has 1 aliphatic heterocycles. The van der Waals surface area contributed by atoms with Gasteiger partial charge in [-0.2, -0.15) is 0 Å². The van der Waals surface area contributed by atoms with Crippen LogP contribution in [-0.2, 0) is 23.9 Å². The van der Waals surface area contributed by atoms with Crippen molar-refractivity contribution in [2.45, 2.75) is 124 Å². The highest BCUT2D eigenvalue weighted by Gasteiger charge is 2.62. The number of hydrogen-bond donors (Lipinski definition) is 3. The van der Waals surface area contributed by atoms with Gasteiger partial charge in [0, 0.05) is 6.54 Å². The van der Waals surface area contributed by atoms with Gasteiger partial charge in [0.1, 0.15) is 17.7 Å². The fourth-order valence-corrected chi connectivity index (χ4v) is 6.23. The summed E-state index contributed by atoms with van der Waals surface area (Å²) in [6.45, 7) is 15.5. The van der Waals surface area contributed by atoms with Crippen LogP contribution in [0.2, 0.25) is 0 Å². The molecule has 10 nitrogen and oxygen atoms in total. The fraction of sp³-hybridized carbons (Fsp3) is 0.833. The maximum absolute atomic E-state index is 14.1. The van der Waals surface area contributed by atoms with Crippen LogP contribution in [-0.4, -0.2) is 64.8 Å². The average molecular weight is 563 g/mol. The lowest BCUT2D eigenvalue weighted by atomic mass is 9.80. The second kappa shape index (κ2) is 11.7. The van der Waals surface area contributed by atoms with Gasteiger partial charge in [-0.15, -0.1) is 0 Å².